The van der Waals surface area contributed by atoms with Crippen LogP contribution in [0.15, 0.2) is 171 Å². The van der Waals surface area contributed by atoms with Crippen LogP contribution in [0, 0.1) is 13.8 Å². The molecular formula is C50H32O3. The Balaban J connectivity index is 1.03. The van der Waals surface area contributed by atoms with Crippen LogP contribution in [0.25, 0.3) is 110 Å². The van der Waals surface area contributed by atoms with Gasteiger partial charge in [0, 0.05) is 38.2 Å². The number of hydrogen-bond acceptors (Lipinski definition) is 3. The predicted molar refractivity (Wildman–Crippen MR) is 219 cm³/mol. The highest BCUT2D eigenvalue weighted by molar-refractivity contribution is 6.23. The van der Waals surface area contributed by atoms with Crippen LogP contribution in [0.1, 0.15) is 11.3 Å². The zero-order chi connectivity index (χ0) is 35.2. The van der Waals surface area contributed by atoms with Crippen molar-refractivity contribution in [1.82, 2.24) is 0 Å². The molecule has 0 aliphatic rings. The van der Waals surface area contributed by atoms with Gasteiger partial charge in [-0.05, 0) is 99.6 Å². The lowest BCUT2D eigenvalue weighted by atomic mass is 9.94. The molecule has 0 saturated carbocycles. The normalized spacial score (nSPS) is 12.0. The monoisotopic (exact) mass is 680 g/mol. The first-order chi connectivity index (χ1) is 26.1. The van der Waals surface area contributed by atoms with E-state index >= 15 is 0 Å². The molecule has 11 rings (SSSR count). The van der Waals surface area contributed by atoms with Crippen LogP contribution in [0.2, 0.25) is 0 Å². The van der Waals surface area contributed by atoms with E-state index in [1.54, 1.807) is 0 Å². The molecule has 0 N–H and O–H groups in total. The molecule has 0 fully saturated rings. The lowest BCUT2D eigenvalue weighted by molar-refractivity contribution is 0.548. The molecule has 3 heterocycles. The number of rotatable bonds is 4. The molecule has 0 amide bonds. The van der Waals surface area contributed by atoms with Crippen molar-refractivity contribution < 1.29 is 13.3 Å². The summed E-state index contributed by atoms with van der Waals surface area (Å²) >= 11 is 0. The van der Waals surface area contributed by atoms with E-state index in [-0.39, 0.29) is 0 Å². The fourth-order valence-corrected chi connectivity index (χ4v) is 8.64. The SMILES string of the molecule is Cc1oc(-c2ccc3c(c2)oc2cc(-c4ccccc4)c4ccccc4c23)c(C)c1-c1ccc2c(c1)oc1cc(-c3ccccc3)c3ccccc3c12. The summed E-state index contributed by atoms with van der Waals surface area (Å²) in [4.78, 5) is 0. The summed E-state index contributed by atoms with van der Waals surface area (Å²) < 4.78 is 19.9. The van der Waals surface area contributed by atoms with Gasteiger partial charge in [-0.2, -0.15) is 0 Å². The van der Waals surface area contributed by atoms with Gasteiger partial charge in [0.25, 0.3) is 0 Å². The molecule has 3 heteroatoms. The molecule has 0 aliphatic heterocycles. The molecule has 0 spiro atoms. The Labute approximate surface area is 305 Å². The first kappa shape index (κ1) is 29.8. The smallest absolute Gasteiger partial charge is 0.137 e. The van der Waals surface area contributed by atoms with Gasteiger partial charge in [-0.25, -0.2) is 0 Å². The summed E-state index contributed by atoms with van der Waals surface area (Å²) in [6, 6.07) is 55.7. The standard InChI is InChI=1S/C50H32O3/c1-29-47(33-21-23-39-43(25-33)52-45-27-41(31-13-5-3-6-14-31)35-17-9-11-19-37(35)48(39)45)30(2)51-50(29)34-22-24-40-44(26-34)53-46-28-42(32-15-7-4-8-16-32)36-18-10-12-20-38(36)49(40)46/h3-28H,1-2H3. The Morgan fingerprint density at radius 3 is 1.32 bits per heavy atom. The minimum Gasteiger partial charge on any atom is -0.460 e. The molecule has 3 aromatic heterocycles. The average Bonchev–Trinajstić information content (AvgIpc) is 3.87. The predicted octanol–water partition coefficient (Wildman–Crippen LogP) is 14.7. The second-order valence-electron chi connectivity index (χ2n) is 14.0. The highest BCUT2D eigenvalue weighted by Gasteiger charge is 2.22. The van der Waals surface area contributed by atoms with Gasteiger partial charge >= 0.3 is 0 Å². The Hall–Kier alpha value is -6.84. The maximum atomic E-state index is 6.66. The lowest BCUT2D eigenvalue weighted by Gasteiger charge is -2.08. The van der Waals surface area contributed by atoms with Crippen molar-refractivity contribution >= 4 is 65.4 Å². The van der Waals surface area contributed by atoms with E-state index in [2.05, 4.69) is 165 Å². The van der Waals surface area contributed by atoms with Crippen LogP contribution in [0.4, 0.5) is 0 Å². The summed E-state index contributed by atoms with van der Waals surface area (Å²) in [5.41, 5.74) is 12.4. The van der Waals surface area contributed by atoms with Gasteiger partial charge in [0.05, 0.1) is 0 Å². The highest BCUT2D eigenvalue weighted by Crippen LogP contribution is 2.45. The van der Waals surface area contributed by atoms with Gasteiger partial charge < -0.3 is 13.3 Å². The summed E-state index contributed by atoms with van der Waals surface area (Å²) in [5.74, 6) is 1.71. The zero-order valence-electron chi connectivity index (χ0n) is 29.2. The fraction of sp³-hybridized carbons (Fsp3) is 0.0400. The quantitative estimate of drug-likeness (QED) is 0.186. The Kier molecular flexibility index (Phi) is 6.38. The number of fused-ring (bicyclic) bond motifs is 10. The van der Waals surface area contributed by atoms with Gasteiger partial charge in [-0.1, -0.05) is 121 Å². The van der Waals surface area contributed by atoms with E-state index < -0.39 is 0 Å². The highest BCUT2D eigenvalue weighted by atomic mass is 16.3. The van der Waals surface area contributed by atoms with Crippen molar-refractivity contribution in [1.29, 1.82) is 0 Å². The molecule has 0 unspecified atom stereocenters. The van der Waals surface area contributed by atoms with Crippen molar-refractivity contribution in [2.45, 2.75) is 13.8 Å². The zero-order valence-corrected chi connectivity index (χ0v) is 29.2. The minimum atomic E-state index is 0.841. The van der Waals surface area contributed by atoms with Crippen molar-refractivity contribution in [3.63, 3.8) is 0 Å². The Morgan fingerprint density at radius 1 is 0.340 bits per heavy atom. The first-order valence-electron chi connectivity index (χ1n) is 18.1. The number of furan rings is 3. The second-order valence-corrected chi connectivity index (χ2v) is 14.0. The van der Waals surface area contributed by atoms with Crippen LogP contribution in [0.5, 0.6) is 0 Å². The first-order valence-corrected chi connectivity index (χ1v) is 18.1. The molecule has 8 aromatic carbocycles. The summed E-state index contributed by atoms with van der Waals surface area (Å²) in [7, 11) is 0. The number of hydrogen-bond donors (Lipinski definition) is 0. The average molecular weight is 681 g/mol. The van der Waals surface area contributed by atoms with Crippen molar-refractivity contribution in [3.8, 4) is 44.7 Å². The molecule has 0 radical (unpaired) electrons. The third kappa shape index (κ3) is 4.47. The third-order valence-corrected chi connectivity index (χ3v) is 11.0. The maximum Gasteiger partial charge on any atom is 0.137 e. The van der Waals surface area contributed by atoms with Crippen molar-refractivity contribution in [2.24, 2.45) is 0 Å². The molecule has 0 atom stereocenters. The van der Waals surface area contributed by atoms with Crippen LogP contribution in [-0.2, 0) is 0 Å². The summed E-state index contributed by atoms with van der Waals surface area (Å²) in [5, 5.41) is 9.30. The largest absolute Gasteiger partial charge is 0.460 e. The van der Waals surface area contributed by atoms with E-state index in [1.807, 2.05) is 6.92 Å². The topological polar surface area (TPSA) is 39.4 Å². The van der Waals surface area contributed by atoms with E-state index in [0.29, 0.717) is 0 Å². The van der Waals surface area contributed by atoms with Gasteiger partial charge in [0.1, 0.15) is 33.9 Å². The molecule has 0 saturated heterocycles. The van der Waals surface area contributed by atoms with E-state index in [1.165, 1.54) is 43.8 Å². The van der Waals surface area contributed by atoms with Gasteiger partial charge in [0.2, 0.25) is 0 Å². The minimum absolute atomic E-state index is 0.841. The second kappa shape index (κ2) is 11.3. The molecule has 250 valence electrons. The van der Waals surface area contributed by atoms with E-state index in [9.17, 15) is 0 Å². The molecule has 0 aliphatic carbocycles. The van der Waals surface area contributed by atoms with Gasteiger partial charge in [-0.15, -0.1) is 0 Å². The van der Waals surface area contributed by atoms with Crippen LogP contribution < -0.4 is 0 Å². The summed E-state index contributed by atoms with van der Waals surface area (Å²) in [6.45, 7) is 4.19. The Bertz CT molecular complexity index is 3230. The van der Waals surface area contributed by atoms with Crippen LogP contribution >= 0.6 is 0 Å². The molecule has 11 aromatic rings. The third-order valence-electron chi connectivity index (χ3n) is 11.0. The molecular weight excluding hydrogens is 649 g/mol. The molecule has 53 heavy (non-hydrogen) atoms. The molecule has 3 nitrogen and oxygen atoms in total. The van der Waals surface area contributed by atoms with Gasteiger partial charge in [-0.3, -0.25) is 0 Å². The van der Waals surface area contributed by atoms with E-state index in [4.69, 9.17) is 13.3 Å². The summed E-state index contributed by atoms with van der Waals surface area (Å²) in [6.07, 6.45) is 0. The lowest BCUT2D eigenvalue weighted by Crippen LogP contribution is -1.84. The number of benzene rings is 8. The van der Waals surface area contributed by atoms with Crippen molar-refractivity contribution in [3.05, 3.63) is 169 Å². The molecule has 0 bridgehead atoms. The Morgan fingerprint density at radius 2 is 0.792 bits per heavy atom. The van der Waals surface area contributed by atoms with Crippen molar-refractivity contribution in [2.75, 3.05) is 0 Å². The van der Waals surface area contributed by atoms with Crippen LogP contribution in [-0.4, -0.2) is 0 Å². The van der Waals surface area contributed by atoms with Crippen LogP contribution in [0.3, 0.4) is 0 Å². The maximum absolute atomic E-state index is 6.66. The van der Waals surface area contributed by atoms with E-state index in [0.717, 1.165) is 77.7 Å². The van der Waals surface area contributed by atoms with Gasteiger partial charge in [0.15, 0.2) is 0 Å². The number of aryl methyl sites for hydroxylation is 1. The fourth-order valence-electron chi connectivity index (χ4n) is 8.64.